The molecular weight excluding hydrogens is 319 g/mol. The number of nitrogens with zero attached hydrogens (tertiary/aromatic N) is 3. The largest absolute Gasteiger partial charge is 0.416 e. The molecular formula is C17H18F3N3O. The lowest BCUT2D eigenvalue weighted by atomic mass is 9.77. The Labute approximate surface area is 137 Å². The van der Waals surface area contributed by atoms with Gasteiger partial charge >= 0.3 is 6.18 Å². The zero-order valence-electron chi connectivity index (χ0n) is 13.1. The van der Waals surface area contributed by atoms with Crippen molar-refractivity contribution in [1.29, 1.82) is 0 Å². The van der Waals surface area contributed by atoms with Gasteiger partial charge in [0.05, 0.1) is 5.56 Å². The summed E-state index contributed by atoms with van der Waals surface area (Å²) in [5, 5.41) is 3.87. The minimum absolute atomic E-state index is 0.220. The zero-order chi connectivity index (χ0) is 16.7. The van der Waals surface area contributed by atoms with E-state index >= 15 is 0 Å². The van der Waals surface area contributed by atoms with Gasteiger partial charge in [0.25, 0.3) is 0 Å². The van der Waals surface area contributed by atoms with Crippen LogP contribution in [0.5, 0.6) is 0 Å². The Balaban J connectivity index is 1.51. The predicted molar refractivity (Wildman–Crippen MR) is 81.1 cm³/mol. The Morgan fingerprint density at radius 1 is 1.21 bits per heavy atom. The van der Waals surface area contributed by atoms with E-state index in [9.17, 15) is 13.2 Å². The Bertz CT molecular complexity index is 720. The Morgan fingerprint density at radius 2 is 2.00 bits per heavy atom. The third kappa shape index (κ3) is 3.05. The predicted octanol–water partition coefficient (Wildman–Crippen LogP) is 3.64. The number of alkyl halides is 3. The minimum Gasteiger partial charge on any atom is -0.339 e. The van der Waals surface area contributed by atoms with Gasteiger partial charge in [0.15, 0.2) is 0 Å². The van der Waals surface area contributed by atoms with Crippen LogP contribution >= 0.6 is 0 Å². The maximum Gasteiger partial charge on any atom is 0.416 e. The molecule has 0 radical (unpaired) electrons. The molecule has 3 aliphatic heterocycles. The third-order valence-corrected chi connectivity index (χ3v) is 5.14. The van der Waals surface area contributed by atoms with Crippen molar-refractivity contribution in [3.05, 3.63) is 35.7 Å². The van der Waals surface area contributed by atoms with Gasteiger partial charge in [0.2, 0.25) is 11.7 Å². The first-order valence-corrected chi connectivity index (χ1v) is 8.21. The fourth-order valence-electron chi connectivity index (χ4n) is 3.83. The number of hydrogen-bond acceptors (Lipinski definition) is 4. The van der Waals surface area contributed by atoms with Crippen molar-refractivity contribution < 1.29 is 17.7 Å². The Morgan fingerprint density at radius 3 is 2.67 bits per heavy atom. The molecule has 2 aromatic rings. The van der Waals surface area contributed by atoms with Gasteiger partial charge in [-0.3, -0.25) is 0 Å². The summed E-state index contributed by atoms with van der Waals surface area (Å²) in [6.45, 7) is 3.38. The first-order chi connectivity index (χ1) is 11.5. The van der Waals surface area contributed by atoms with E-state index < -0.39 is 11.7 Å². The summed E-state index contributed by atoms with van der Waals surface area (Å²) in [6.07, 6.45) is -1.26. The van der Waals surface area contributed by atoms with E-state index in [-0.39, 0.29) is 5.82 Å². The maximum absolute atomic E-state index is 12.8. The van der Waals surface area contributed by atoms with E-state index in [0.717, 1.165) is 18.7 Å². The van der Waals surface area contributed by atoms with E-state index in [1.165, 1.54) is 32.0 Å². The van der Waals surface area contributed by atoms with Crippen molar-refractivity contribution in [2.24, 2.45) is 11.8 Å². The van der Waals surface area contributed by atoms with Crippen LogP contribution in [0.15, 0.2) is 28.8 Å². The molecule has 128 valence electrons. The standard InChI is InChI=1S/C17H18F3N3O/c18-17(19,20)14-3-1-2-12(8-14)16-21-15(24-22-16)9-13-10-23-6-4-11(13)5-7-23/h1-3,8,11,13H,4-7,9-10H2. The molecule has 5 rings (SSSR count). The van der Waals surface area contributed by atoms with Crippen molar-refractivity contribution in [2.45, 2.75) is 25.4 Å². The molecule has 0 spiro atoms. The molecule has 1 aromatic heterocycles. The van der Waals surface area contributed by atoms with Gasteiger partial charge in [-0.2, -0.15) is 18.2 Å². The van der Waals surface area contributed by atoms with Gasteiger partial charge in [-0.25, -0.2) is 0 Å². The number of hydrogen-bond donors (Lipinski definition) is 0. The lowest BCUT2D eigenvalue weighted by Gasteiger charge is -2.44. The average Bonchev–Trinajstić information content (AvgIpc) is 3.04. The fourth-order valence-corrected chi connectivity index (χ4v) is 3.83. The smallest absolute Gasteiger partial charge is 0.339 e. The normalized spacial score (nSPS) is 26.7. The lowest BCUT2D eigenvalue weighted by Crippen LogP contribution is -2.48. The van der Waals surface area contributed by atoms with Crippen LogP contribution < -0.4 is 0 Å². The SMILES string of the molecule is FC(F)(F)c1cccc(-c2noc(CC3CN4CCC3CC4)n2)c1. The summed E-state index contributed by atoms with van der Waals surface area (Å²) in [5.74, 6) is 1.93. The first-order valence-electron chi connectivity index (χ1n) is 8.21. The molecule has 24 heavy (non-hydrogen) atoms. The highest BCUT2D eigenvalue weighted by molar-refractivity contribution is 5.55. The van der Waals surface area contributed by atoms with Crippen LogP contribution in [0.2, 0.25) is 0 Å². The molecule has 2 bridgehead atoms. The van der Waals surface area contributed by atoms with Gasteiger partial charge in [-0.05, 0) is 49.9 Å². The molecule has 1 unspecified atom stereocenters. The zero-order valence-corrected chi connectivity index (χ0v) is 13.1. The van der Waals surface area contributed by atoms with E-state index in [0.29, 0.717) is 29.7 Å². The van der Waals surface area contributed by atoms with Crippen LogP contribution in [0, 0.1) is 11.8 Å². The highest BCUT2D eigenvalue weighted by Crippen LogP contribution is 2.35. The summed E-state index contributed by atoms with van der Waals surface area (Å²) in [4.78, 5) is 6.77. The van der Waals surface area contributed by atoms with Gasteiger partial charge in [0, 0.05) is 18.5 Å². The number of rotatable bonds is 3. The van der Waals surface area contributed by atoms with Crippen LogP contribution in [-0.4, -0.2) is 34.7 Å². The highest BCUT2D eigenvalue weighted by Gasteiger charge is 2.35. The first kappa shape index (κ1) is 15.6. The van der Waals surface area contributed by atoms with Crippen molar-refractivity contribution >= 4 is 0 Å². The van der Waals surface area contributed by atoms with E-state index in [1.807, 2.05) is 0 Å². The van der Waals surface area contributed by atoms with Crippen molar-refractivity contribution in [2.75, 3.05) is 19.6 Å². The van der Waals surface area contributed by atoms with Gasteiger partial charge in [-0.1, -0.05) is 17.3 Å². The van der Waals surface area contributed by atoms with Crippen LogP contribution in [0.3, 0.4) is 0 Å². The molecule has 0 saturated carbocycles. The third-order valence-electron chi connectivity index (χ3n) is 5.14. The summed E-state index contributed by atoms with van der Waals surface area (Å²) in [6, 6.07) is 5.03. The van der Waals surface area contributed by atoms with E-state index in [1.54, 1.807) is 6.07 Å². The topological polar surface area (TPSA) is 42.2 Å². The number of aromatic nitrogens is 2. The van der Waals surface area contributed by atoms with Gasteiger partial charge < -0.3 is 9.42 Å². The monoisotopic (exact) mass is 337 g/mol. The number of halogens is 3. The summed E-state index contributed by atoms with van der Waals surface area (Å²) >= 11 is 0. The molecule has 4 heterocycles. The van der Waals surface area contributed by atoms with Crippen LogP contribution in [-0.2, 0) is 12.6 Å². The Kier molecular flexibility index (Phi) is 3.83. The number of piperidine rings is 3. The molecule has 1 aromatic carbocycles. The van der Waals surface area contributed by atoms with E-state index in [2.05, 4.69) is 15.0 Å². The molecule has 7 heteroatoms. The molecule has 3 saturated heterocycles. The second kappa shape index (κ2) is 5.88. The van der Waals surface area contributed by atoms with Crippen molar-refractivity contribution in [3.8, 4) is 11.4 Å². The average molecular weight is 337 g/mol. The van der Waals surface area contributed by atoms with Crippen LogP contribution in [0.25, 0.3) is 11.4 Å². The highest BCUT2D eigenvalue weighted by atomic mass is 19.4. The maximum atomic E-state index is 12.8. The van der Waals surface area contributed by atoms with E-state index in [4.69, 9.17) is 4.52 Å². The molecule has 0 N–H and O–H groups in total. The van der Waals surface area contributed by atoms with Crippen molar-refractivity contribution in [3.63, 3.8) is 0 Å². The fraction of sp³-hybridized carbons (Fsp3) is 0.529. The lowest BCUT2D eigenvalue weighted by molar-refractivity contribution is -0.137. The minimum atomic E-state index is -4.38. The molecule has 3 fully saturated rings. The second-order valence-corrected chi connectivity index (χ2v) is 6.69. The van der Waals surface area contributed by atoms with Crippen LogP contribution in [0.4, 0.5) is 13.2 Å². The summed E-state index contributed by atoms with van der Waals surface area (Å²) in [7, 11) is 0. The summed E-state index contributed by atoms with van der Waals surface area (Å²) < 4.78 is 43.7. The number of benzene rings is 1. The molecule has 3 aliphatic rings. The van der Waals surface area contributed by atoms with Crippen molar-refractivity contribution in [1.82, 2.24) is 15.0 Å². The van der Waals surface area contributed by atoms with Crippen LogP contribution in [0.1, 0.15) is 24.3 Å². The molecule has 0 amide bonds. The number of fused-ring (bicyclic) bond motifs is 3. The molecule has 4 nitrogen and oxygen atoms in total. The van der Waals surface area contributed by atoms with Gasteiger partial charge in [-0.15, -0.1) is 0 Å². The van der Waals surface area contributed by atoms with Gasteiger partial charge in [0.1, 0.15) is 0 Å². The quantitative estimate of drug-likeness (QED) is 0.858. The Hall–Kier alpha value is -1.89. The molecule has 1 atom stereocenters. The molecule has 0 aliphatic carbocycles. The summed E-state index contributed by atoms with van der Waals surface area (Å²) in [5.41, 5.74) is -0.377. The second-order valence-electron chi connectivity index (χ2n) is 6.69.